The lowest BCUT2D eigenvalue weighted by molar-refractivity contribution is -0.137. The summed E-state index contributed by atoms with van der Waals surface area (Å²) in [6, 6.07) is 1.33. The molecule has 0 aliphatic carbocycles. The van der Waals surface area contributed by atoms with Crippen molar-refractivity contribution in [2.24, 2.45) is 0 Å². The van der Waals surface area contributed by atoms with Gasteiger partial charge in [-0.05, 0) is 31.5 Å². The molecule has 3 N–H and O–H groups in total. The van der Waals surface area contributed by atoms with Crippen molar-refractivity contribution in [2.45, 2.75) is 30.5 Å². The Hall–Kier alpha value is -1.37. The number of hydrogen-bond donors (Lipinski definition) is 2. The number of anilines is 1. The molecule has 7 nitrogen and oxygen atoms in total. The van der Waals surface area contributed by atoms with Gasteiger partial charge in [-0.3, -0.25) is 4.55 Å². The van der Waals surface area contributed by atoms with Gasteiger partial charge in [0.15, 0.2) is 0 Å². The summed E-state index contributed by atoms with van der Waals surface area (Å²) < 4.78 is 94.2. The van der Waals surface area contributed by atoms with Crippen LogP contribution in [-0.2, 0) is 26.3 Å². The second-order valence-electron chi connectivity index (χ2n) is 5.19. The summed E-state index contributed by atoms with van der Waals surface area (Å²) in [5, 5.41) is 0. The van der Waals surface area contributed by atoms with Crippen molar-refractivity contribution in [3.05, 3.63) is 23.8 Å². The van der Waals surface area contributed by atoms with Crippen LogP contribution >= 0.6 is 0 Å². The predicted molar refractivity (Wildman–Crippen MR) is 81.3 cm³/mol. The number of nitrogen functional groups attached to an aromatic ring is 1. The van der Waals surface area contributed by atoms with E-state index >= 15 is 0 Å². The Kier molecular flexibility index (Phi) is 5.91. The first-order valence-electron chi connectivity index (χ1n) is 6.56. The average Bonchev–Trinajstić information content (AvgIpc) is 2.42. The van der Waals surface area contributed by atoms with Gasteiger partial charge < -0.3 is 5.73 Å². The summed E-state index contributed by atoms with van der Waals surface area (Å²) in [5.74, 6) is -0.677. The summed E-state index contributed by atoms with van der Waals surface area (Å²) in [5.41, 5.74) is 3.34. The summed E-state index contributed by atoms with van der Waals surface area (Å²) >= 11 is 0. The average molecular weight is 390 g/mol. The molecule has 0 aliphatic rings. The van der Waals surface area contributed by atoms with Crippen molar-refractivity contribution in [1.29, 1.82) is 0 Å². The van der Waals surface area contributed by atoms with Crippen LogP contribution in [0.2, 0.25) is 0 Å². The highest BCUT2D eigenvalue weighted by Crippen LogP contribution is 2.35. The van der Waals surface area contributed by atoms with Crippen LogP contribution < -0.4 is 5.73 Å². The van der Waals surface area contributed by atoms with Gasteiger partial charge in [0.2, 0.25) is 10.0 Å². The zero-order valence-corrected chi connectivity index (χ0v) is 14.4. The largest absolute Gasteiger partial charge is 0.418 e. The molecule has 1 unspecified atom stereocenters. The van der Waals surface area contributed by atoms with Gasteiger partial charge >= 0.3 is 6.18 Å². The molecule has 0 heterocycles. The van der Waals surface area contributed by atoms with Gasteiger partial charge in [0, 0.05) is 18.8 Å². The Bertz CT molecular complexity index is 806. The molecule has 1 atom stereocenters. The van der Waals surface area contributed by atoms with Gasteiger partial charge in [-0.25, -0.2) is 8.42 Å². The summed E-state index contributed by atoms with van der Waals surface area (Å²) in [6.45, 7) is 1.37. The molecule has 0 saturated heterocycles. The molecule has 1 rings (SSSR count). The van der Waals surface area contributed by atoms with Crippen LogP contribution in [0.5, 0.6) is 0 Å². The highest BCUT2D eigenvalue weighted by atomic mass is 32.2. The third-order valence-electron chi connectivity index (χ3n) is 3.42. The van der Waals surface area contributed by atoms with E-state index in [9.17, 15) is 30.0 Å². The molecule has 138 valence electrons. The molecule has 0 amide bonds. The van der Waals surface area contributed by atoms with Gasteiger partial charge in [-0.1, -0.05) is 0 Å². The number of rotatable bonds is 6. The highest BCUT2D eigenvalue weighted by Gasteiger charge is 2.35. The molecule has 24 heavy (non-hydrogen) atoms. The smallest absolute Gasteiger partial charge is 0.398 e. The molecule has 0 radical (unpaired) electrons. The van der Waals surface area contributed by atoms with Crippen molar-refractivity contribution in [1.82, 2.24) is 4.31 Å². The Morgan fingerprint density at radius 1 is 1.25 bits per heavy atom. The maximum absolute atomic E-state index is 12.8. The zero-order valence-electron chi connectivity index (χ0n) is 12.8. The van der Waals surface area contributed by atoms with Gasteiger partial charge in [0.25, 0.3) is 10.1 Å². The molecular weight excluding hydrogens is 373 g/mol. The minimum Gasteiger partial charge on any atom is -0.398 e. The topological polar surface area (TPSA) is 118 Å². The fourth-order valence-corrected chi connectivity index (χ4v) is 3.90. The van der Waals surface area contributed by atoms with Gasteiger partial charge in [-0.15, -0.1) is 0 Å². The number of hydrogen-bond acceptors (Lipinski definition) is 5. The van der Waals surface area contributed by atoms with Crippen molar-refractivity contribution in [3.8, 4) is 0 Å². The predicted octanol–water partition coefficient (Wildman–Crippen LogP) is 1.57. The maximum atomic E-state index is 12.8. The molecule has 0 bridgehead atoms. The second-order valence-corrected chi connectivity index (χ2v) is 8.76. The summed E-state index contributed by atoms with van der Waals surface area (Å²) in [4.78, 5) is -0.620. The normalized spacial score (nSPS) is 14.8. The monoisotopic (exact) mass is 390 g/mol. The maximum Gasteiger partial charge on any atom is 0.418 e. The van der Waals surface area contributed by atoms with E-state index in [1.165, 1.54) is 6.92 Å². The third-order valence-corrected chi connectivity index (χ3v) is 6.14. The molecule has 0 aliphatic heterocycles. The minimum atomic E-state index is -4.81. The van der Waals surface area contributed by atoms with Crippen LogP contribution in [0.4, 0.5) is 18.9 Å². The number of benzene rings is 1. The standard InChI is InChI=1S/C12H17F3N2O5S2/c1-8(5-6-23(18,19)20)17(2)24(21,22)9-3-4-11(16)10(7-9)12(13,14)15/h3-4,7-8H,5-6,16H2,1-2H3,(H,18,19,20). The van der Waals surface area contributed by atoms with Crippen LogP contribution in [0.15, 0.2) is 23.1 Å². The Morgan fingerprint density at radius 3 is 2.25 bits per heavy atom. The molecule has 0 fully saturated rings. The van der Waals surface area contributed by atoms with E-state index in [0.717, 1.165) is 23.5 Å². The quantitative estimate of drug-likeness (QED) is 0.562. The first kappa shape index (κ1) is 20.7. The number of sulfonamides is 1. The van der Waals surface area contributed by atoms with Crippen LogP contribution in [0.3, 0.4) is 0 Å². The van der Waals surface area contributed by atoms with E-state index in [0.29, 0.717) is 6.07 Å². The molecule has 1 aromatic carbocycles. The highest BCUT2D eigenvalue weighted by molar-refractivity contribution is 7.89. The van der Waals surface area contributed by atoms with Crippen molar-refractivity contribution in [2.75, 3.05) is 18.5 Å². The second kappa shape index (κ2) is 6.86. The van der Waals surface area contributed by atoms with Crippen LogP contribution in [-0.4, -0.2) is 44.5 Å². The Morgan fingerprint density at radius 2 is 1.79 bits per heavy atom. The number of halogens is 3. The lowest BCUT2D eigenvalue weighted by Crippen LogP contribution is -2.36. The van der Waals surface area contributed by atoms with E-state index in [-0.39, 0.29) is 6.42 Å². The van der Waals surface area contributed by atoms with Gasteiger partial charge in [0.05, 0.1) is 16.2 Å². The van der Waals surface area contributed by atoms with E-state index in [1.54, 1.807) is 0 Å². The van der Waals surface area contributed by atoms with Gasteiger partial charge in [0.1, 0.15) is 0 Å². The molecule has 0 saturated carbocycles. The third kappa shape index (κ3) is 5.06. The van der Waals surface area contributed by atoms with Gasteiger partial charge in [-0.2, -0.15) is 25.9 Å². The molecular formula is C12H17F3N2O5S2. The fraction of sp³-hybridized carbons (Fsp3) is 0.500. The van der Waals surface area contributed by atoms with E-state index in [1.807, 2.05) is 0 Å². The zero-order chi connectivity index (χ0) is 18.9. The first-order valence-corrected chi connectivity index (χ1v) is 9.61. The van der Waals surface area contributed by atoms with Crippen molar-refractivity contribution in [3.63, 3.8) is 0 Å². The Labute approximate surface area is 138 Å². The molecule has 0 aromatic heterocycles. The number of nitrogens with two attached hydrogens (primary N) is 1. The fourth-order valence-electron chi connectivity index (χ4n) is 1.85. The van der Waals surface area contributed by atoms with E-state index in [4.69, 9.17) is 10.3 Å². The van der Waals surface area contributed by atoms with Crippen LogP contribution in [0.1, 0.15) is 18.9 Å². The van der Waals surface area contributed by atoms with Crippen LogP contribution in [0.25, 0.3) is 0 Å². The summed E-state index contributed by atoms with van der Waals surface area (Å²) in [7, 11) is -7.48. The summed E-state index contributed by atoms with van der Waals surface area (Å²) in [6.07, 6.45) is -5.04. The van der Waals surface area contributed by atoms with Crippen molar-refractivity contribution < 1.29 is 34.6 Å². The van der Waals surface area contributed by atoms with E-state index in [2.05, 4.69) is 0 Å². The molecule has 1 aromatic rings. The SMILES string of the molecule is CC(CCS(=O)(=O)O)N(C)S(=O)(=O)c1ccc(N)c(C(F)(F)F)c1. The molecule has 12 heteroatoms. The Balaban J connectivity index is 3.16. The lowest BCUT2D eigenvalue weighted by Gasteiger charge is -2.24. The van der Waals surface area contributed by atoms with E-state index < -0.39 is 54.3 Å². The number of nitrogens with zero attached hydrogens (tertiary/aromatic N) is 1. The first-order chi connectivity index (χ1) is 10.7. The van der Waals surface area contributed by atoms with Crippen molar-refractivity contribution >= 4 is 25.8 Å². The minimum absolute atomic E-state index is 0.227. The van der Waals surface area contributed by atoms with Crippen LogP contribution in [0, 0.1) is 0 Å². The lowest BCUT2D eigenvalue weighted by atomic mass is 10.2. The molecule has 0 spiro atoms. The number of alkyl halides is 3.